The van der Waals surface area contributed by atoms with Gasteiger partial charge in [0.25, 0.3) is 5.91 Å². The summed E-state index contributed by atoms with van der Waals surface area (Å²) in [4.78, 5) is 28.8. The van der Waals surface area contributed by atoms with Gasteiger partial charge in [0.05, 0.1) is 19.8 Å². The molecule has 0 unspecified atom stereocenters. The summed E-state index contributed by atoms with van der Waals surface area (Å²) in [5.74, 6) is 0.0182. The lowest BCUT2D eigenvalue weighted by Crippen LogP contribution is -2.49. The van der Waals surface area contributed by atoms with Crippen LogP contribution in [0.25, 0.3) is 0 Å². The molecule has 1 aliphatic heterocycles. The van der Waals surface area contributed by atoms with Gasteiger partial charge in [0.2, 0.25) is 0 Å². The number of hydrogen-bond acceptors (Lipinski definition) is 6. The number of rotatable bonds is 6. The molecule has 1 saturated heterocycles. The maximum atomic E-state index is 12.5. The van der Waals surface area contributed by atoms with Gasteiger partial charge in [0, 0.05) is 36.9 Å². The van der Waals surface area contributed by atoms with Gasteiger partial charge in [0.1, 0.15) is 16.0 Å². The Morgan fingerprint density at radius 2 is 1.67 bits per heavy atom. The largest absolute Gasteiger partial charge is 0.495 e. The van der Waals surface area contributed by atoms with Gasteiger partial charge in [-0.2, -0.15) is 0 Å². The third-order valence-electron chi connectivity index (χ3n) is 4.81. The van der Waals surface area contributed by atoms with Crippen LogP contribution in [0, 0.1) is 0 Å². The highest BCUT2D eigenvalue weighted by molar-refractivity contribution is 9.10. The highest BCUT2D eigenvalue weighted by Crippen LogP contribution is 2.35. The van der Waals surface area contributed by atoms with Gasteiger partial charge in [-0.3, -0.25) is 4.79 Å². The summed E-state index contributed by atoms with van der Waals surface area (Å²) in [6.45, 7) is 2.13. The van der Waals surface area contributed by atoms with E-state index in [4.69, 9.17) is 25.8 Å². The molecule has 160 valence electrons. The quantitative estimate of drug-likeness (QED) is 0.568. The second-order valence-corrected chi connectivity index (χ2v) is 7.85. The molecule has 30 heavy (non-hydrogen) atoms. The van der Waals surface area contributed by atoms with Crippen molar-refractivity contribution in [1.29, 1.82) is 0 Å². The number of esters is 1. The number of benzene rings is 2. The Bertz CT molecular complexity index is 906. The summed E-state index contributed by atoms with van der Waals surface area (Å²) < 4.78 is 16.3. The maximum Gasteiger partial charge on any atom is 0.338 e. The van der Waals surface area contributed by atoms with Crippen LogP contribution in [0.15, 0.2) is 40.9 Å². The normalized spacial score (nSPS) is 13.7. The molecule has 0 aromatic heterocycles. The van der Waals surface area contributed by atoms with Crippen LogP contribution in [-0.4, -0.2) is 63.8 Å². The van der Waals surface area contributed by atoms with Crippen LogP contribution in [0.2, 0.25) is 5.02 Å². The average molecular weight is 498 g/mol. The van der Waals surface area contributed by atoms with E-state index in [0.717, 1.165) is 5.69 Å². The molecule has 2 aromatic carbocycles. The van der Waals surface area contributed by atoms with Crippen molar-refractivity contribution in [2.45, 2.75) is 0 Å². The second-order valence-electron chi connectivity index (χ2n) is 6.62. The SMILES string of the molecule is COc1cc(C(=O)OCC(=O)N2CCN(c3cccc(Cl)c3)CC2)cc(OC)c1Br. The second kappa shape index (κ2) is 10.0. The highest BCUT2D eigenvalue weighted by Gasteiger charge is 2.23. The number of nitrogens with zero attached hydrogens (tertiary/aromatic N) is 2. The number of methoxy groups -OCH3 is 2. The molecule has 1 heterocycles. The van der Waals surface area contributed by atoms with E-state index in [1.54, 1.807) is 4.90 Å². The summed E-state index contributed by atoms with van der Waals surface area (Å²) in [6, 6.07) is 10.7. The first-order chi connectivity index (χ1) is 14.4. The van der Waals surface area contributed by atoms with Crippen LogP contribution in [0.1, 0.15) is 10.4 Å². The van der Waals surface area contributed by atoms with Crippen molar-refractivity contribution in [3.63, 3.8) is 0 Å². The van der Waals surface area contributed by atoms with Crippen LogP contribution in [0.3, 0.4) is 0 Å². The van der Waals surface area contributed by atoms with Crippen molar-refractivity contribution in [3.8, 4) is 11.5 Å². The number of amides is 1. The molecule has 1 aliphatic rings. The third kappa shape index (κ3) is 5.17. The molecular formula is C21H22BrClN2O5. The molecule has 3 rings (SSSR count). The Labute approximate surface area is 188 Å². The number of carbonyl (C=O) groups is 2. The Kier molecular flexibility index (Phi) is 7.44. The first-order valence-corrected chi connectivity index (χ1v) is 10.5. The molecule has 9 heteroatoms. The predicted molar refractivity (Wildman–Crippen MR) is 118 cm³/mol. The van der Waals surface area contributed by atoms with Crippen molar-refractivity contribution in [2.24, 2.45) is 0 Å². The number of piperazine rings is 1. The van der Waals surface area contributed by atoms with Crippen molar-refractivity contribution >= 4 is 45.1 Å². The molecule has 0 bridgehead atoms. The van der Waals surface area contributed by atoms with Gasteiger partial charge in [-0.25, -0.2) is 4.79 Å². The van der Waals surface area contributed by atoms with Crippen LogP contribution in [0.5, 0.6) is 11.5 Å². The first kappa shape index (κ1) is 22.2. The van der Waals surface area contributed by atoms with E-state index in [2.05, 4.69) is 20.8 Å². The summed E-state index contributed by atoms with van der Waals surface area (Å²) in [7, 11) is 2.97. The molecule has 7 nitrogen and oxygen atoms in total. The smallest absolute Gasteiger partial charge is 0.338 e. The molecule has 2 aromatic rings. The topological polar surface area (TPSA) is 68.3 Å². The van der Waals surface area contributed by atoms with Gasteiger partial charge >= 0.3 is 5.97 Å². The lowest BCUT2D eigenvalue weighted by atomic mass is 10.2. The van der Waals surface area contributed by atoms with E-state index in [9.17, 15) is 9.59 Å². The molecule has 1 amide bonds. The van der Waals surface area contributed by atoms with Gasteiger partial charge in [-0.15, -0.1) is 0 Å². The molecule has 0 N–H and O–H groups in total. The summed E-state index contributed by atoms with van der Waals surface area (Å²) in [5, 5.41) is 0.680. The van der Waals surface area contributed by atoms with E-state index in [0.29, 0.717) is 47.2 Å². The molecule has 0 atom stereocenters. The zero-order valence-corrected chi connectivity index (χ0v) is 19.0. The van der Waals surface area contributed by atoms with E-state index >= 15 is 0 Å². The monoisotopic (exact) mass is 496 g/mol. The fraction of sp³-hybridized carbons (Fsp3) is 0.333. The maximum absolute atomic E-state index is 12.5. The standard InChI is InChI=1S/C21H22BrClN2O5/c1-28-17-10-14(11-18(29-2)20(17)22)21(27)30-13-19(26)25-8-6-24(7-9-25)16-5-3-4-15(23)12-16/h3-5,10-12H,6-9,13H2,1-2H3. The number of halogens is 2. The van der Waals surface area contributed by atoms with Gasteiger partial charge < -0.3 is 24.0 Å². The van der Waals surface area contributed by atoms with Crippen LogP contribution >= 0.6 is 27.5 Å². The molecule has 0 spiro atoms. The molecule has 0 saturated carbocycles. The minimum Gasteiger partial charge on any atom is -0.495 e. The zero-order chi connectivity index (χ0) is 21.7. The van der Waals surface area contributed by atoms with Crippen LogP contribution in [0.4, 0.5) is 5.69 Å². The predicted octanol–water partition coefficient (Wildman–Crippen LogP) is 3.63. The Morgan fingerprint density at radius 1 is 1.03 bits per heavy atom. The molecule has 0 aliphatic carbocycles. The number of hydrogen-bond donors (Lipinski definition) is 0. The number of anilines is 1. The number of ether oxygens (including phenoxy) is 3. The molecule has 0 radical (unpaired) electrons. The average Bonchev–Trinajstić information content (AvgIpc) is 2.77. The molecular weight excluding hydrogens is 476 g/mol. The lowest BCUT2D eigenvalue weighted by Gasteiger charge is -2.36. The van der Waals surface area contributed by atoms with Gasteiger partial charge in [0.15, 0.2) is 6.61 Å². The van der Waals surface area contributed by atoms with E-state index < -0.39 is 5.97 Å². The third-order valence-corrected chi connectivity index (χ3v) is 5.83. The fourth-order valence-corrected chi connectivity index (χ4v) is 3.91. The fourth-order valence-electron chi connectivity index (χ4n) is 3.18. The minimum atomic E-state index is -0.620. The van der Waals surface area contributed by atoms with E-state index in [-0.39, 0.29) is 18.1 Å². The van der Waals surface area contributed by atoms with E-state index in [1.165, 1.54) is 26.4 Å². The molecule has 1 fully saturated rings. The highest BCUT2D eigenvalue weighted by atomic mass is 79.9. The van der Waals surface area contributed by atoms with Crippen molar-refractivity contribution in [1.82, 2.24) is 4.90 Å². The van der Waals surface area contributed by atoms with Crippen LogP contribution < -0.4 is 14.4 Å². The Hall–Kier alpha value is -2.45. The van der Waals surface area contributed by atoms with Crippen LogP contribution in [-0.2, 0) is 9.53 Å². The summed E-state index contributed by atoms with van der Waals surface area (Å²) in [6.07, 6.45) is 0. The minimum absolute atomic E-state index is 0.231. The Morgan fingerprint density at radius 3 is 2.23 bits per heavy atom. The van der Waals surface area contributed by atoms with Crippen molar-refractivity contribution in [2.75, 3.05) is 51.9 Å². The lowest BCUT2D eigenvalue weighted by molar-refractivity contribution is -0.134. The first-order valence-electron chi connectivity index (χ1n) is 9.30. The van der Waals surface area contributed by atoms with E-state index in [1.807, 2.05) is 24.3 Å². The number of carbonyl (C=O) groups excluding carboxylic acids is 2. The Balaban J connectivity index is 1.54. The van der Waals surface area contributed by atoms with Crippen molar-refractivity contribution < 1.29 is 23.8 Å². The van der Waals surface area contributed by atoms with Gasteiger partial charge in [-0.05, 0) is 46.3 Å². The van der Waals surface area contributed by atoms with Crippen molar-refractivity contribution in [3.05, 3.63) is 51.5 Å². The summed E-state index contributed by atoms with van der Waals surface area (Å²) >= 11 is 9.40. The van der Waals surface area contributed by atoms with Gasteiger partial charge in [-0.1, -0.05) is 17.7 Å². The zero-order valence-electron chi connectivity index (χ0n) is 16.7. The summed E-state index contributed by atoms with van der Waals surface area (Å²) in [5.41, 5.74) is 1.27.